The van der Waals surface area contributed by atoms with Gasteiger partial charge in [0, 0.05) is 12.1 Å². The van der Waals surface area contributed by atoms with Crippen LogP contribution in [-0.2, 0) is 0 Å². The van der Waals surface area contributed by atoms with Gasteiger partial charge in [-0.05, 0) is 31.1 Å². The summed E-state index contributed by atoms with van der Waals surface area (Å²) in [6, 6.07) is 3.51. The molecule has 1 heterocycles. The SMILES string of the molecule is O=[N+]([O-])c1cc2c(cc1NC1CC3CCC1C3)OCO2. The molecule has 106 valence electrons. The molecule has 6 nitrogen and oxygen atoms in total. The van der Waals surface area contributed by atoms with Crippen molar-refractivity contribution in [3.63, 3.8) is 0 Å². The zero-order chi connectivity index (χ0) is 13.7. The summed E-state index contributed by atoms with van der Waals surface area (Å²) >= 11 is 0. The Morgan fingerprint density at radius 1 is 1.20 bits per heavy atom. The van der Waals surface area contributed by atoms with E-state index in [0.29, 0.717) is 29.1 Å². The van der Waals surface area contributed by atoms with Crippen molar-refractivity contribution >= 4 is 11.4 Å². The van der Waals surface area contributed by atoms with Crippen molar-refractivity contribution in [2.75, 3.05) is 12.1 Å². The fourth-order valence-electron chi connectivity index (χ4n) is 3.82. The monoisotopic (exact) mass is 276 g/mol. The van der Waals surface area contributed by atoms with Crippen LogP contribution in [0, 0.1) is 22.0 Å². The fourth-order valence-corrected chi connectivity index (χ4v) is 3.82. The van der Waals surface area contributed by atoms with E-state index in [-0.39, 0.29) is 17.4 Å². The van der Waals surface area contributed by atoms with Crippen LogP contribution in [0.2, 0.25) is 0 Å². The fraction of sp³-hybridized carbons (Fsp3) is 0.571. The maximum atomic E-state index is 11.2. The van der Waals surface area contributed by atoms with Crippen molar-refractivity contribution in [3.8, 4) is 11.5 Å². The van der Waals surface area contributed by atoms with Crippen LogP contribution in [0.5, 0.6) is 11.5 Å². The van der Waals surface area contributed by atoms with Gasteiger partial charge in [-0.2, -0.15) is 0 Å². The van der Waals surface area contributed by atoms with Crippen LogP contribution in [0.4, 0.5) is 11.4 Å². The number of nitro benzene ring substituents is 1. The second-order valence-electron chi connectivity index (χ2n) is 5.91. The molecular formula is C14H16N2O4. The molecule has 2 fully saturated rings. The summed E-state index contributed by atoms with van der Waals surface area (Å²) in [5.74, 6) is 2.49. The van der Waals surface area contributed by atoms with Gasteiger partial charge in [0.2, 0.25) is 6.79 Å². The molecule has 3 unspecified atom stereocenters. The first-order chi connectivity index (χ1) is 9.70. The summed E-state index contributed by atoms with van der Waals surface area (Å²) in [4.78, 5) is 10.9. The molecule has 0 aromatic heterocycles. The van der Waals surface area contributed by atoms with E-state index in [0.717, 1.165) is 12.3 Å². The van der Waals surface area contributed by atoms with Crippen LogP contribution in [-0.4, -0.2) is 17.8 Å². The topological polar surface area (TPSA) is 73.6 Å². The van der Waals surface area contributed by atoms with Crippen LogP contribution in [0.15, 0.2) is 12.1 Å². The van der Waals surface area contributed by atoms with E-state index in [1.54, 1.807) is 6.07 Å². The van der Waals surface area contributed by atoms with E-state index in [4.69, 9.17) is 9.47 Å². The van der Waals surface area contributed by atoms with E-state index in [2.05, 4.69) is 5.32 Å². The van der Waals surface area contributed by atoms with Gasteiger partial charge < -0.3 is 14.8 Å². The molecule has 6 heteroatoms. The summed E-state index contributed by atoms with van der Waals surface area (Å²) in [6.07, 6.45) is 4.93. The largest absolute Gasteiger partial charge is 0.454 e. The average molecular weight is 276 g/mol. The molecule has 20 heavy (non-hydrogen) atoms. The highest BCUT2D eigenvalue weighted by Gasteiger charge is 2.40. The number of anilines is 1. The smallest absolute Gasteiger partial charge is 0.296 e. The zero-order valence-corrected chi connectivity index (χ0v) is 11.0. The predicted molar refractivity (Wildman–Crippen MR) is 72.1 cm³/mol. The Labute approximate surface area is 116 Å². The normalized spacial score (nSPS) is 29.7. The lowest BCUT2D eigenvalue weighted by Gasteiger charge is -2.23. The third kappa shape index (κ3) is 1.78. The molecule has 0 amide bonds. The number of hydrogen-bond donors (Lipinski definition) is 1. The minimum Gasteiger partial charge on any atom is -0.454 e. The molecule has 0 spiro atoms. The van der Waals surface area contributed by atoms with Gasteiger partial charge >= 0.3 is 0 Å². The Bertz CT molecular complexity index is 575. The molecule has 2 saturated carbocycles. The number of nitrogens with zero attached hydrogens (tertiary/aromatic N) is 1. The van der Waals surface area contributed by atoms with Crippen molar-refractivity contribution in [2.24, 2.45) is 11.8 Å². The van der Waals surface area contributed by atoms with Gasteiger partial charge in [-0.3, -0.25) is 10.1 Å². The Hall–Kier alpha value is -1.98. The summed E-state index contributed by atoms with van der Waals surface area (Å²) in [6.45, 7) is 0.129. The maximum absolute atomic E-state index is 11.2. The van der Waals surface area contributed by atoms with Crippen LogP contribution < -0.4 is 14.8 Å². The van der Waals surface area contributed by atoms with Gasteiger partial charge in [0.15, 0.2) is 11.5 Å². The van der Waals surface area contributed by atoms with Crippen molar-refractivity contribution < 1.29 is 14.4 Å². The second kappa shape index (κ2) is 4.26. The summed E-state index contributed by atoms with van der Waals surface area (Å²) in [5.41, 5.74) is 0.619. The molecule has 1 aromatic rings. The van der Waals surface area contributed by atoms with Crippen LogP contribution in [0.3, 0.4) is 0 Å². The molecule has 3 atom stereocenters. The second-order valence-corrected chi connectivity index (χ2v) is 5.91. The first-order valence-electron chi connectivity index (χ1n) is 7.05. The third-order valence-corrected chi connectivity index (χ3v) is 4.77. The lowest BCUT2D eigenvalue weighted by atomic mass is 9.95. The van der Waals surface area contributed by atoms with Gasteiger partial charge in [0.05, 0.1) is 11.0 Å². The maximum Gasteiger partial charge on any atom is 0.296 e. The lowest BCUT2D eigenvalue weighted by molar-refractivity contribution is -0.384. The molecule has 1 aliphatic heterocycles. The summed E-state index contributed by atoms with van der Waals surface area (Å²) in [5, 5.41) is 14.6. The summed E-state index contributed by atoms with van der Waals surface area (Å²) in [7, 11) is 0. The third-order valence-electron chi connectivity index (χ3n) is 4.77. The number of nitrogens with one attached hydrogen (secondary N) is 1. The highest BCUT2D eigenvalue weighted by atomic mass is 16.7. The quantitative estimate of drug-likeness (QED) is 0.678. The Balaban J connectivity index is 1.64. The van der Waals surface area contributed by atoms with E-state index >= 15 is 0 Å². The lowest BCUT2D eigenvalue weighted by Crippen LogP contribution is -2.26. The van der Waals surface area contributed by atoms with Crippen molar-refractivity contribution in [2.45, 2.75) is 31.7 Å². The number of fused-ring (bicyclic) bond motifs is 3. The predicted octanol–water partition coefficient (Wildman–Crippen LogP) is 2.92. The molecule has 2 aliphatic carbocycles. The Kier molecular flexibility index (Phi) is 2.52. The molecule has 1 N–H and O–H groups in total. The molecule has 4 rings (SSSR count). The highest BCUT2D eigenvalue weighted by molar-refractivity contribution is 5.69. The first-order valence-corrected chi connectivity index (χ1v) is 7.05. The van der Waals surface area contributed by atoms with E-state index < -0.39 is 0 Å². The van der Waals surface area contributed by atoms with Crippen LogP contribution in [0.1, 0.15) is 25.7 Å². The van der Waals surface area contributed by atoms with Gasteiger partial charge in [0.1, 0.15) is 5.69 Å². The molecule has 1 aromatic carbocycles. The first kappa shape index (κ1) is 11.8. The molecule has 0 saturated heterocycles. The van der Waals surface area contributed by atoms with Crippen LogP contribution >= 0.6 is 0 Å². The standard InChI is InChI=1S/C14H16N2O4/c17-16(18)12-6-14-13(19-7-20-14)5-11(12)15-10-4-8-1-2-9(10)3-8/h5-6,8-10,15H,1-4,7H2. The number of ether oxygens (including phenoxy) is 2. The average Bonchev–Trinajstić information content (AvgIpc) is 3.12. The summed E-state index contributed by atoms with van der Waals surface area (Å²) < 4.78 is 10.5. The highest BCUT2D eigenvalue weighted by Crippen LogP contribution is 2.47. The molecular weight excluding hydrogens is 260 g/mol. The molecule has 3 aliphatic rings. The molecule has 0 radical (unpaired) electrons. The van der Waals surface area contributed by atoms with Crippen molar-refractivity contribution in [3.05, 3.63) is 22.2 Å². The molecule has 2 bridgehead atoms. The van der Waals surface area contributed by atoms with Crippen molar-refractivity contribution in [1.82, 2.24) is 0 Å². The van der Waals surface area contributed by atoms with Gasteiger partial charge in [0.25, 0.3) is 5.69 Å². The Morgan fingerprint density at radius 2 is 2.00 bits per heavy atom. The van der Waals surface area contributed by atoms with E-state index in [1.165, 1.54) is 25.3 Å². The zero-order valence-electron chi connectivity index (χ0n) is 11.0. The van der Waals surface area contributed by atoms with Gasteiger partial charge in [-0.15, -0.1) is 0 Å². The van der Waals surface area contributed by atoms with E-state index in [9.17, 15) is 10.1 Å². The minimum atomic E-state index is -0.364. The Morgan fingerprint density at radius 3 is 2.65 bits per heavy atom. The van der Waals surface area contributed by atoms with Crippen molar-refractivity contribution in [1.29, 1.82) is 0 Å². The van der Waals surface area contributed by atoms with E-state index in [1.807, 2.05) is 0 Å². The number of benzene rings is 1. The minimum absolute atomic E-state index is 0.0667. The number of nitro groups is 1. The van der Waals surface area contributed by atoms with Gasteiger partial charge in [-0.25, -0.2) is 0 Å². The number of rotatable bonds is 3. The van der Waals surface area contributed by atoms with Crippen LogP contribution in [0.25, 0.3) is 0 Å². The van der Waals surface area contributed by atoms with Gasteiger partial charge in [-0.1, -0.05) is 6.42 Å². The number of hydrogen-bond acceptors (Lipinski definition) is 5.